The van der Waals surface area contributed by atoms with E-state index in [0.29, 0.717) is 19.1 Å². The molecule has 1 atom stereocenters. The van der Waals surface area contributed by atoms with E-state index in [1.165, 1.54) is 0 Å². The van der Waals surface area contributed by atoms with Crippen molar-refractivity contribution in [2.75, 3.05) is 39.3 Å². The lowest BCUT2D eigenvalue weighted by atomic mass is 10.2. The van der Waals surface area contributed by atoms with Crippen LogP contribution in [-0.4, -0.2) is 73.0 Å². The van der Waals surface area contributed by atoms with E-state index >= 15 is 0 Å². The number of rotatable bonds is 6. The van der Waals surface area contributed by atoms with Crippen LogP contribution in [0.3, 0.4) is 0 Å². The SMILES string of the molecule is CCNC(=O)CN1CCN(C(C)C(=O)NC2CC2)CC1. The summed E-state index contributed by atoms with van der Waals surface area (Å²) in [4.78, 5) is 27.9. The minimum Gasteiger partial charge on any atom is -0.355 e. The number of amides is 2. The number of hydrogen-bond acceptors (Lipinski definition) is 4. The van der Waals surface area contributed by atoms with Gasteiger partial charge in [0.25, 0.3) is 0 Å². The van der Waals surface area contributed by atoms with Gasteiger partial charge in [-0.2, -0.15) is 0 Å². The van der Waals surface area contributed by atoms with E-state index < -0.39 is 0 Å². The van der Waals surface area contributed by atoms with Crippen LogP contribution in [0.25, 0.3) is 0 Å². The van der Waals surface area contributed by atoms with Crippen molar-refractivity contribution in [1.29, 1.82) is 0 Å². The van der Waals surface area contributed by atoms with Gasteiger partial charge in [0.1, 0.15) is 0 Å². The molecule has 2 aliphatic rings. The molecule has 0 aromatic heterocycles. The van der Waals surface area contributed by atoms with Gasteiger partial charge in [-0.25, -0.2) is 0 Å². The molecule has 114 valence electrons. The van der Waals surface area contributed by atoms with Gasteiger partial charge < -0.3 is 10.6 Å². The van der Waals surface area contributed by atoms with Crippen LogP contribution in [0.15, 0.2) is 0 Å². The molecular formula is C14H26N4O2. The molecule has 1 saturated carbocycles. The van der Waals surface area contributed by atoms with Gasteiger partial charge >= 0.3 is 0 Å². The van der Waals surface area contributed by atoms with Crippen LogP contribution in [0.4, 0.5) is 0 Å². The van der Waals surface area contributed by atoms with E-state index in [1.54, 1.807) is 0 Å². The summed E-state index contributed by atoms with van der Waals surface area (Å²) in [5.41, 5.74) is 0. The van der Waals surface area contributed by atoms with E-state index in [2.05, 4.69) is 20.4 Å². The summed E-state index contributed by atoms with van der Waals surface area (Å²) in [5.74, 6) is 0.227. The van der Waals surface area contributed by atoms with E-state index in [9.17, 15) is 9.59 Å². The summed E-state index contributed by atoms with van der Waals surface area (Å²) in [6.45, 7) is 8.42. The first-order valence-electron chi connectivity index (χ1n) is 7.63. The van der Waals surface area contributed by atoms with E-state index in [4.69, 9.17) is 0 Å². The maximum Gasteiger partial charge on any atom is 0.237 e. The first kappa shape index (κ1) is 15.3. The monoisotopic (exact) mass is 282 g/mol. The van der Waals surface area contributed by atoms with Crippen molar-refractivity contribution in [2.24, 2.45) is 0 Å². The lowest BCUT2D eigenvalue weighted by Crippen LogP contribution is -2.55. The Labute approximate surface area is 120 Å². The normalized spacial score (nSPS) is 22.3. The molecule has 1 unspecified atom stereocenters. The van der Waals surface area contributed by atoms with Gasteiger partial charge in [-0.05, 0) is 26.7 Å². The fourth-order valence-corrected chi connectivity index (χ4v) is 2.48. The van der Waals surface area contributed by atoms with Gasteiger partial charge in [-0.1, -0.05) is 0 Å². The lowest BCUT2D eigenvalue weighted by Gasteiger charge is -2.37. The molecule has 2 fully saturated rings. The van der Waals surface area contributed by atoms with Gasteiger partial charge in [0, 0.05) is 38.8 Å². The van der Waals surface area contributed by atoms with Crippen molar-refractivity contribution in [2.45, 2.75) is 38.8 Å². The second-order valence-corrected chi connectivity index (χ2v) is 5.72. The van der Waals surface area contributed by atoms with Crippen molar-refractivity contribution < 1.29 is 9.59 Å². The van der Waals surface area contributed by atoms with E-state index in [-0.39, 0.29) is 17.9 Å². The molecule has 2 rings (SSSR count). The highest BCUT2D eigenvalue weighted by atomic mass is 16.2. The fourth-order valence-electron chi connectivity index (χ4n) is 2.48. The first-order valence-corrected chi connectivity index (χ1v) is 7.63. The van der Waals surface area contributed by atoms with Gasteiger partial charge in [-0.3, -0.25) is 19.4 Å². The molecular weight excluding hydrogens is 256 g/mol. The lowest BCUT2D eigenvalue weighted by molar-refractivity contribution is -0.128. The molecule has 0 aromatic carbocycles. The van der Waals surface area contributed by atoms with Crippen LogP contribution >= 0.6 is 0 Å². The molecule has 2 amide bonds. The average molecular weight is 282 g/mol. The average Bonchev–Trinajstić information content (AvgIpc) is 3.23. The minimum atomic E-state index is -0.0674. The maximum absolute atomic E-state index is 12.0. The zero-order chi connectivity index (χ0) is 14.5. The highest BCUT2D eigenvalue weighted by molar-refractivity contribution is 5.82. The van der Waals surface area contributed by atoms with Crippen molar-refractivity contribution in [3.63, 3.8) is 0 Å². The van der Waals surface area contributed by atoms with Gasteiger partial charge in [0.15, 0.2) is 0 Å². The summed E-state index contributed by atoms with van der Waals surface area (Å²) in [6.07, 6.45) is 2.25. The Bertz CT molecular complexity index is 349. The maximum atomic E-state index is 12.0. The summed E-state index contributed by atoms with van der Waals surface area (Å²) < 4.78 is 0. The van der Waals surface area contributed by atoms with Crippen LogP contribution in [0, 0.1) is 0 Å². The smallest absolute Gasteiger partial charge is 0.237 e. The number of carbonyl (C=O) groups excluding carboxylic acids is 2. The molecule has 20 heavy (non-hydrogen) atoms. The predicted octanol–water partition coefficient (Wildman–Crippen LogP) is -0.593. The van der Waals surface area contributed by atoms with Crippen LogP contribution in [0.5, 0.6) is 0 Å². The molecule has 6 heteroatoms. The third-order valence-corrected chi connectivity index (χ3v) is 4.00. The molecule has 1 aliphatic heterocycles. The number of carbonyl (C=O) groups is 2. The van der Waals surface area contributed by atoms with Crippen LogP contribution in [0.1, 0.15) is 26.7 Å². The minimum absolute atomic E-state index is 0.0674. The zero-order valence-corrected chi connectivity index (χ0v) is 12.5. The van der Waals surface area contributed by atoms with Crippen molar-refractivity contribution in [3.8, 4) is 0 Å². The number of likely N-dealkylation sites (N-methyl/N-ethyl adjacent to an activating group) is 1. The van der Waals surface area contributed by atoms with Gasteiger partial charge in [-0.15, -0.1) is 0 Å². The van der Waals surface area contributed by atoms with Crippen LogP contribution in [0.2, 0.25) is 0 Å². The third kappa shape index (κ3) is 4.45. The molecule has 0 spiro atoms. The Morgan fingerprint density at radius 1 is 1.20 bits per heavy atom. The van der Waals surface area contributed by atoms with Gasteiger partial charge in [0.2, 0.25) is 11.8 Å². The summed E-state index contributed by atoms with van der Waals surface area (Å²) in [6, 6.07) is 0.353. The fraction of sp³-hybridized carbons (Fsp3) is 0.857. The number of hydrogen-bond donors (Lipinski definition) is 2. The predicted molar refractivity (Wildman–Crippen MR) is 77.3 cm³/mol. The summed E-state index contributed by atoms with van der Waals surface area (Å²) in [7, 11) is 0. The molecule has 2 N–H and O–H groups in total. The van der Waals surface area contributed by atoms with Crippen LogP contribution < -0.4 is 10.6 Å². The Morgan fingerprint density at radius 3 is 2.40 bits per heavy atom. The number of nitrogens with one attached hydrogen (secondary N) is 2. The Morgan fingerprint density at radius 2 is 1.85 bits per heavy atom. The highest BCUT2D eigenvalue weighted by Gasteiger charge is 2.30. The van der Waals surface area contributed by atoms with Crippen molar-refractivity contribution >= 4 is 11.8 Å². The second kappa shape index (κ2) is 7.04. The quantitative estimate of drug-likeness (QED) is 0.683. The molecule has 1 saturated heterocycles. The van der Waals surface area contributed by atoms with E-state index in [0.717, 1.165) is 39.0 Å². The molecule has 0 bridgehead atoms. The van der Waals surface area contributed by atoms with Gasteiger partial charge in [0.05, 0.1) is 12.6 Å². The summed E-state index contributed by atoms with van der Waals surface area (Å²) in [5, 5.41) is 5.87. The molecule has 6 nitrogen and oxygen atoms in total. The second-order valence-electron chi connectivity index (χ2n) is 5.72. The van der Waals surface area contributed by atoms with Crippen molar-refractivity contribution in [1.82, 2.24) is 20.4 Å². The molecule has 1 heterocycles. The Balaban J connectivity index is 1.69. The standard InChI is InChI=1S/C14H26N4O2/c1-3-15-13(19)10-17-6-8-18(9-7-17)11(2)14(20)16-12-4-5-12/h11-12H,3-10H2,1-2H3,(H,15,19)(H,16,20). The Kier molecular flexibility index (Phi) is 5.37. The molecule has 1 aliphatic carbocycles. The molecule has 0 radical (unpaired) electrons. The first-order chi connectivity index (χ1) is 9.60. The number of piperazine rings is 1. The zero-order valence-electron chi connectivity index (χ0n) is 12.5. The third-order valence-electron chi connectivity index (χ3n) is 4.00. The van der Waals surface area contributed by atoms with Crippen molar-refractivity contribution in [3.05, 3.63) is 0 Å². The largest absolute Gasteiger partial charge is 0.355 e. The summed E-state index contributed by atoms with van der Waals surface area (Å²) >= 11 is 0. The highest BCUT2D eigenvalue weighted by Crippen LogP contribution is 2.19. The van der Waals surface area contributed by atoms with Crippen LogP contribution in [-0.2, 0) is 9.59 Å². The molecule has 0 aromatic rings. The Hall–Kier alpha value is -1.14. The topological polar surface area (TPSA) is 64.7 Å². The van der Waals surface area contributed by atoms with E-state index in [1.807, 2.05) is 13.8 Å². The number of nitrogens with zero attached hydrogens (tertiary/aromatic N) is 2.